The van der Waals surface area contributed by atoms with Crippen molar-refractivity contribution in [2.24, 2.45) is 5.92 Å². The third-order valence-electron chi connectivity index (χ3n) is 3.37. The van der Waals surface area contributed by atoms with Crippen molar-refractivity contribution in [3.8, 4) is 0 Å². The van der Waals surface area contributed by atoms with Crippen molar-refractivity contribution >= 4 is 5.97 Å². The SMILES string of the molecule is CCOC(=O)C(CN1CCCC(COC)C1)NC. The highest BCUT2D eigenvalue weighted by molar-refractivity contribution is 5.76. The Morgan fingerprint density at radius 3 is 2.94 bits per heavy atom. The Labute approximate surface area is 110 Å². The fourth-order valence-electron chi connectivity index (χ4n) is 2.47. The molecule has 1 rings (SSSR count). The molecule has 1 saturated heterocycles. The summed E-state index contributed by atoms with van der Waals surface area (Å²) in [5.41, 5.74) is 0. The molecule has 1 fully saturated rings. The highest BCUT2D eigenvalue weighted by Crippen LogP contribution is 2.16. The van der Waals surface area contributed by atoms with Gasteiger partial charge in [-0.3, -0.25) is 4.79 Å². The van der Waals surface area contributed by atoms with Crippen LogP contribution in [0.15, 0.2) is 0 Å². The van der Waals surface area contributed by atoms with Gasteiger partial charge in [0.25, 0.3) is 0 Å². The number of likely N-dealkylation sites (N-methyl/N-ethyl adjacent to an activating group) is 1. The minimum Gasteiger partial charge on any atom is -0.465 e. The summed E-state index contributed by atoms with van der Waals surface area (Å²) >= 11 is 0. The third kappa shape index (κ3) is 4.92. The van der Waals surface area contributed by atoms with Crippen LogP contribution >= 0.6 is 0 Å². The molecule has 0 aliphatic carbocycles. The Morgan fingerprint density at radius 1 is 1.56 bits per heavy atom. The quantitative estimate of drug-likeness (QED) is 0.674. The van der Waals surface area contributed by atoms with Crippen LogP contribution in [-0.4, -0.2) is 63.9 Å². The Kier molecular flexibility index (Phi) is 7.23. The van der Waals surface area contributed by atoms with Crippen molar-refractivity contribution in [2.45, 2.75) is 25.8 Å². The van der Waals surface area contributed by atoms with E-state index in [1.54, 1.807) is 14.2 Å². The molecule has 1 heterocycles. The standard InChI is InChI=1S/C13H26N2O3/c1-4-18-13(16)12(14-2)9-15-7-5-6-11(8-15)10-17-3/h11-12,14H,4-10H2,1-3H3. The summed E-state index contributed by atoms with van der Waals surface area (Å²) in [6, 6.07) is -0.230. The van der Waals surface area contributed by atoms with E-state index in [9.17, 15) is 4.79 Å². The van der Waals surface area contributed by atoms with Gasteiger partial charge in [0.05, 0.1) is 13.2 Å². The molecule has 106 valence electrons. The number of ether oxygens (including phenoxy) is 2. The Hall–Kier alpha value is -0.650. The van der Waals surface area contributed by atoms with Gasteiger partial charge in [-0.25, -0.2) is 0 Å². The van der Waals surface area contributed by atoms with Gasteiger partial charge in [-0.05, 0) is 39.3 Å². The van der Waals surface area contributed by atoms with Crippen LogP contribution in [0.1, 0.15) is 19.8 Å². The topological polar surface area (TPSA) is 50.8 Å². The van der Waals surface area contributed by atoms with Crippen LogP contribution in [0.3, 0.4) is 0 Å². The molecule has 1 aliphatic rings. The second-order valence-electron chi connectivity index (χ2n) is 4.82. The molecular formula is C13H26N2O3. The number of piperidine rings is 1. The number of nitrogens with one attached hydrogen (secondary N) is 1. The van der Waals surface area contributed by atoms with Gasteiger partial charge >= 0.3 is 5.97 Å². The molecule has 18 heavy (non-hydrogen) atoms. The average Bonchev–Trinajstić information content (AvgIpc) is 2.37. The second-order valence-corrected chi connectivity index (χ2v) is 4.82. The molecule has 5 nitrogen and oxygen atoms in total. The van der Waals surface area contributed by atoms with Crippen LogP contribution in [0.4, 0.5) is 0 Å². The molecule has 5 heteroatoms. The summed E-state index contributed by atoms with van der Waals surface area (Å²) in [5.74, 6) is 0.428. The maximum Gasteiger partial charge on any atom is 0.324 e. The number of nitrogens with zero attached hydrogens (tertiary/aromatic N) is 1. The molecule has 0 radical (unpaired) electrons. The molecule has 0 spiro atoms. The zero-order chi connectivity index (χ0) is 13.4. The lowest BCUT2D eigenvalue weighted by molar-refractivity contribution is -0.146. The van der Waals surface area contributed by atoms with E-state index in [1.807, 2.05) is 6.92 Å². The van der Waals surface area contributed by atoms with Crippen molar-refractivity contribution in [3.63, 3.8) is 0 Å². The molecule has 0 aromatic heterocycles. The predicted octanol–water partition coefficient (Wildman–Crippen LogP) is 0.496. The molecule has 0 bridgehead atoms. The largest absolute Gasteiger partial charge is 0.465 e. The first-order chi connectivity index (χ1) is 8.71. The number of methoxy groups -OCH3 is 1. The first-order valence-corrected chi connectivity index (χ1v) is 6.76. The Morgan fingerprint density at radius 2 is 2.33 bits per heavy atom. The van der Waals surface area contributed by atoms with E-state index in [2.05, 4.69) is 10.2 Å². The maximum absolute atomic E-state index is 11.7. The summed E-state index contributed by atoms with van der Waals surface area (Å²) < 4.78 is 10.3. The van der Waals surface area contributed by atoms with Gasteiger partial charge in [0.1, 0.15) is 6.04 Å². The van der Waals surface area contributed by atoms with Gasteiger partial charge < -0.3 is 19.7 Å². The average molecular weight is 258 g/mol. The van der Waals surface area contributed by atoms with Gasteiger partial charge in [-0.2, -0.15) is 0 Å². The van der Waals surface area contributed by atoms with E-state index in [4.69, 9.17) is 9.47 Å². The number of carbonyl (C=O) groups excluding carboxylic acids is 1. The molecule has 2 unspecified atom stereocenters. The summed E-state index contributed by atoms with van der Waals surface area (Å²) in [5, 5.41) is 3.03. The molecule has 1 N–H and O–H groups in total. The van der Waals surface area contributed by atoms with Crippen LogP contribution in [0.5, 0.6) is 0 Å². The molecular weight excluding hydrogens is 232 g/mol. The monoisotopic (exact) mass is 258 g/mol. The minimum absolute atomic E-state index is 0.158. The van der Waals surface area contributed by atoms with Crippen LogP contribution in [0, 0.1) is 5.92 Å². The van der Waals surface area contributed by atoms with Crippen LogP contribution in [-0.2, 0) is 14.3 Å². The van der Waals surface area contributed by atoms with E-state index in [0.717, 1.165) is 26.2 Å². The number of likely N-dealkylation sites (tertiary alicyclic amines) is 1. The van der Waals surface area contributed by atoms with Crippen LogP contribution < -0.4 is 5.32 Å². The fraction of sp³-hybridized carbons (Fsp3) is 0.923. The number of hydrogen-bond acceptors (Lipinski definition) is 5. The molecule has 0 aromatic carbocycles. The molecule has 0 amide bonds. The van der Waals surface area contributed by atoms with Crippen LogP contribution in [0.25, 0.3) is 0 Å². The molecule has 0 aromatic rings. The van der Waals surface area contributed by atoms with Gasteiger partial charge in [-0.1, -0.05) is 0 Å². The van der Waals surface area contributed by atoms with Crippen LogP contribution in [0.2, 0.25) is 0 Å². The molecule has 1 aliphatic heterocycles. The fourth-order valence-corrected chi connectivity index (χ4v) is 2.47. The number of hydrogen-bond donors (Lipinski definition) is 1. The third-order valence-corrected chi connectivity index (χ3v) is 3.37. The normalized spacial score (nSPS) is 22.7. The second kappa shape index (κ2) is 8.45. The van der Waals surface area contributed by atoms with Crippen molar-refractivity contribution in [1.29, 1.82) is 0 Å². The lowest BCUT2D eigenvalue weighted by Crippen LogP contribution is -2.48. The van der Waals surface area contributed by atoms with E-state index in [-0.39, 0.29) is 12.0 Å². The summed E-state index contributed by atoms with van der Waals surface area (Å²) in [6.45, 7) is 5.85. The maximum atomic E-state index is 11.7. The van der Waals surface area contributed by atoms with E-state index >= 15 is 0 Å². The van der Waals surface area contributed by atoms with Crippen molar-refractivity contribution in [3.05, 3.63) is 0 Å². The summed E-state index contributed by atoms with van der Waals surface area (Å²) in [6.07, 6.45) is 2.39. The van der Waals surface area contributed by atoms with E-state index < -0.39 is 0 Å². The zero-order valence-electron chi connectivity index (χ0n) is 11.8. The minimum atomic E-state index is -0.230. The molecule has 0 saturated carbocycles. The Balaban J connectivity index is 2.41. The predicted molar refractivity (Wildman–Crippen MR) is 70.5 cm³/mol. The van der Waals surface area contributed by atoms with Crippen molar-refractivity contribution in [1.82, 2.24) is 10.2 Å². The van der Waals surface area contributed by atoms with Gasteiger partial charge in [0, 0.05) is 20.2 Å². The van der Waals surface area contributed by atoms with Gasteiger partial charge in [0.15, 0.2) is 0 Å². The number of carbonyl (C=O) groups is 1. The number of rotatable bonds is 7. The zero-order valence-corrected chi connectivity index (χ0v) is 11.8. The highest BCUT2D eigenvalue weighted by Gasteiger charge is 2.25. The van der Waals surface area contributed by atoms with Crippen molar-refractivity contribution in [2.75, 3.05) is 47.0 Å². The summed E-state index contributed by atoms with van der Waals surface area (Å²) in [7, 11) is 3.55. The van der Waals surface area contributed by atoms with Gasteiger partial charge in [0.2, 0.25) is 0 Å². The lowest BCUT2D eigenvalue weighted by Gasteiger charge is -2.34. The lowest BCUT2D eigenvalue weighted by atomic mass is 9.98. The molecule has 2 atom stereocenters. The first kappa shape index (κ1) is 15.4. The Bertz CT molecular complexity index is 246. The summed E-state index contributed by atoms with van der Waals surface area (Å²) in [4.78, 5) is 14.0. The number of esters is 1. The smallest absolute Gasteiger partial charge is 0.324 e. The van der Waals surface area contributed by atoms with E-state index in [1.165, 1.54) is 12.8 Å². The van der Waals surface area contributed by atoms with Crippen molar-refractivity contribution < 1.29 is 14.3 Å². The highest BCUT2D eigenvalue weighted by atomic mass is 16.5. The first-order valence-electron chi connectivity index (χ1n) is 6.76. The van der Waals surface area contributed by atoms with Gasteiger partial charge in [-0.15, -0.1) is 0 Å². The van der Waals surface area contributed by atoms with E-state index in [0.29, 0.717) is 12.5 Å².